The lowest BCUT2D eigenvalue weighted by Crippen LogP contribution is -1.89. The van der Waals surface area contributed by atoms with E-state index >= 15 is 0 Å². The number of hydrogen-bond donors (Lipinski definition) is 1. The topological polar surface area (TPSA) is 64.9 Å². The van der Waals surface area contributed by atoms with Crippen molar-refractivity contribution in [2.75, 3.05) is 0 Å². The fourth-order valence-corrected chi connectivity index (χ4v) is 0.664. The van der Waals surface area contributed by atoms with Gasteiger partial charge in [0, 0.05) is 18.2 Å². The number of rotatable bonds is 2. The molecule has 1 heterocycles. The predicted octanol–water partition coefficient (Wildman–Crippen LogP) is 0.952. The first-order valence-electron chi connectivity index (χ1n) is 3.48. The molecule has 0 saturated heterocycles. The number of nitrogens with two attached hydrogens (primary N) is 1. The second kappa shape index (κ2) is 3.18. The summed E-state index contributed by atoms with van der Waals surface area (Å²) in [5, 5.41) is 3.70. The summed E-state index contributed by atoms with van der Waals surface area (Å²) in [6, 6.07) is 0. The Morgan fingerprint density at radius 3 is 2.91 bits per heavy atom. The fraction of sp³-hybridized carbons (Fsp3) is 0.429. The SMILES string of the molecule is CCc1noc(C=C(C)N)n1. The molecule has 0 radical (unpaired) electrons. The second-order valence-corrected chi connectivity index (χ2v) is 2.29. The Kier molecular flexibility index (Phi) is 2.25. The Bertz CT molecular complexity index is 260. The van der Waals surface area contributed by atoms with Crippen molar-refractivity contribution in [3.63, 3.8) is 0 Å². The van der Waals surface area contributed by atoms with Crippen molar-refractivity contribution >= 4 is 6.08 Å². The number of aromatic nitrogens is 2. The Morgan fingerprint density at radius 1 is 1.73 bits per heavy atom. The van der Waals surface area contributed by atoms with Crippen LogP contribution < -0.4 is 5.73 Å². The lowest BCUT2D eigenvalue weighted by molar-refractivity contribution is 0.403. The molecule has 11 heavy (non-hydrogen) atoms. The highest BCUT2D eigenvalue weighted by Crippen LogP contribution is 2.01. The highest BCUT2D eigenvalue weighted by atomic mass is 16.5. The van der Waals surface area contributed by atoms with Crippen molar-refractivity contribution in [2.24, 2.45) is 5.73 Å². The molecule has 0 fully saturated rings. The molecule has 0 atom stereocenters. The summed E-state index contributed by atoms with van der Waals surface area (Å²) in [5.74, 6) is 1.18. The van der Waals surface area contributed by atoms with E-state index in [0.29, 0.717) is 17.4 Å². The molecule has 4 heteroatoms. The maximum absolute atomic E-state index is 5.41. The monoisotopic (exact) mass is 153 g/mol. The molecular weight excluding hydrogens is 142 g/mol. The zero-order valence-corrected chi connectivity index (χ0v) is 6.66. The van der Waals surface area contributed by atoms with Gasteiger partial charge in [-0.3, -0.25) is 0 Å². The zero-order valence-electron chi connectivity index (χ0n) is 6.66. The van der Waals surface area contributed by atoms with Gasteiger partial charge in [-0.05, 0) is 6.92 Å². The molecule has 0 aromatic carbocycles. The Labute approximate surface area is 65.1 Å². The minimum Gasteiger partial charge on any atom is -0.402 e. The van der Waals surface area contributed by atoms with Gasteiger partial charge in [0.25, 0.3) is 5.89 Å². The third-order valence-corrected chi connectivity index (χ3v) is 1.15. The van der Waals surface area contributed by atoms with Crippen LogP contribution in [0.25, 0.3) is 6.08 Å². The average molecular weight is 153 g/mol. The van der Waals surface area contributed by atoms with Gasteiger partial charge in [-0.2, -0.15) is 4.98 Å². The number of allylic oxidation sites excluding steroid dienone is 1. The van der Waals surface area contributed by atoms with Crippen molar-refractivity contribution in [3.8, 4) is 0 Å². The van der Waals surface area contributed by atoms with E-state index in [0.717, 1.165) is 6.42 Å². The molecular formula is C7H11N3O. The standard InChI is InChI=1S/C7H11N3O/c1-3-6-9-7(11-10-6)4-5(2)8/h4H,3,8H2,1-2H3. The van der Waals surface area contributed by atoms with Crippen molar-refractivity contribution in [1.29, 1.82) is 0 Å². The quantitative estimate of drug-likeness (QED) is 0.687. The van der Waals surface area contributed by atoms with Gasteiger partial charge in [0.2, 0.25) is 0 Å². The largest absolute Gasteiger partial charge is 0.402 e. The molecule has 0 aliphatic heterocycles. The van der Waals surface area contributed by atoms with Crippen LogP contribution in [0.5, 0.6) is 0 Å². The van der Waals surface area contributed by atoms with Crippen LogP contribution in [0.4, 0.5) is 0 Å². The number of hydrogen-bond acceptors (Lipinski definition) is 4. The molecule has 0 spiro atoms. The number of aryl methyl sites for hydroxylation is 1. The molecule has 1 aromatic rings. The fourth-order valence-electron chi connectivity index (χ4n) is 0.664. The van der Waals surface area contributed by atoms with E-state index in [1.54, 1.807) is 13.0 Å². The van der Waals surface area contributed by atoms with Gasteiger partial charge in [0.05, 0.1) is 0 Å². The molecule has 0 saturated carbocycles. The normalized spacial score (nSPS) is 12.0. The van der Waals surface area contributed by atoms with Crippen LogP contribution in [0.2, 0.25) is 0 Å². The van der Waals surface area contributed by atoms with Gasteiger partial charge in [-0.1, -0.05) is 12.1 Å². The first-order valence-corrected chi connectivity index (χ1v) is 3.48. The minimum absolute atomic E-state index is 0.474. The van der Waals surface area contributed by atoms with Crippen molar-refractivity contribution in [1.82, 2.24) is 10.1 Å². The van der Waals surface area contributed by atoms with E-state index in [1.165, 1.54) is 0 Å². The van der Waals surface area contributed by atoms with E-state index in [-0.39, 0.29) is 0 Å². The van der Waals surface area contributed by atoms with Gasteiger partial charge in [0.1, 0.15) is 0 Å². The molecule has 0 unspecified atom stereocenters. The predicted molar refractivity (Wildman–Crippen MR) is 41.5 cm³/mol. The van der Waals surface area contributed by atoms with Crippen LogP contribution in [0.1, 0.15) is 25.6 Å². The molecule has 0 bridgehead atoms. The van der Waals surface area contributed by atoms with Gasteiger partial charge in [0.15, 0.2) is 5.82 Å². The van der Waals surface area contributed by atoms with E-state index < -0.39 is 0 Å². The van der Waals surface area contributed by atoms with E-state index in [1.807, 2.05) is 6.92 Å². The lowest BCUT2D eigenvalue weighted by Gasteiger charge is -1.83. The van der Waals surface area contributed by atoms with Crippen molar-refractivity contribution < 1.29 is 4.52 Å². The molecule has 2 N–H and O–H groups in total. The van der Waals surface area contributed by atoms with Crippen LogP contribution in [0.15, 0.2) is 10.2 Å². The van der Waals surface area contributed by atoms with Crippen molar-refractivity contribution in [3.05, 3.63) is 17.4 Å². The molecule has 1 rings (SSSR count). The van der Waals surface area contributed by atoms with E-state index in [4.69, 9.17) is 10.3 Å². The first kappa shape index (κ1) is 7.78. The molecule has 0 amide bonds. The summed E-state index contributed by atoms with van der Waals surface area (Å²) in [7, 11) is 0. The minimum atomic E-state index is 0.474. The number of nitrogens with zero attached hydrogens (tertiary/aromatic N) is 2. The Morgan fingerprint density at radius 2 is 2.45 bits per heavy atom. The van der Waals surface area contributed by atoms with E-state index in [9.17, 15) is 0 Å². The molecule has 4 nitrogen and oxygen atoms in total. The van der Waals surface area contributed by atoms with Gasteiger partial charge in [-0.25, -0.2) is 0 Å². The summed E-state index contributed by atoms with van der Waals surface area (Å²) in [5.41, 5.74) is 6.07. The Balaban J connectivity index is 2.81. The van der Waals surface area contributed by atoms with Crippen LogP contribution in [-0.4, -0.2) is 10.1 Å². The van der Waals surface area contributed by atoms with Crippen LogP contribution in [0, 0.1) is 0 Å². The highest BCUT2D eigenvalue weighted by Gasteiger charge is 1.99. The summed E-state index contributed by atoms with van der Waals surface area (Å²) in [6.07, 6.45) is 2.42. The highest BCUT2D eigenvalue weighted by molar-refractivity contribution is 5.40. The maximum Gasteiger partial charge on any atom is 0.252 e. The van der Waals surface area contributed by atoms with E-state index in [2.05, 4.69) is 10.1 Å². The second-order valence-electron chi connectivity index (χ2n) is 2.29. The van der Waals surface area contributed by atoms with Crippen LogP contribution >= 0.6 is 0 Å². The van der Waals surface area contributed by atoms with Gasteiger partial charge >= 0.3 is 0 Å². The smallest absolute Gasteiger partial charge is 0.252 e. The average Bonchev–Trinajstić information content (AvgIpc) is 2.34. The summed E-state index contributed by atoms with van der Waals surface area (Å²) < 4.78 is 4.85. The molecule has 0 aliphatic carbocycles. The summed E-state index contributed by atoms with van der Waals surface area (Å²) in [4.78, 5) is 4.03. The molecule has 0 aliphatic rings. The molecule has 1 aromatic heterocycles. The van der Waals surface area contributed by atoms with Crippen molar-refractivity contribution in [2.45, 2.75) is 20.3 Å². The third kappa shape index (κ3) is 2.07. The summed E-state index contributed by atoms with van der Waals surface area (Å²) in [6.45, 7) is 3.74. The third-order valence-electron chi connectivity index (χ3n) is 1.15. The first-order chi connectivity index (χ1) is 5.22. The van der Waals surface area contributed by atoms with Gasteiger partial charge in [-0.15, -0.1) is 0 Å². The molecule has 60 valence electrons. The lowest BCUT2D eigenvalue weighted by atomic mass is 10.4. The van der Waals surface area contributed by atoms with Gasteiger partial charge < -0.3 is 10.3 Å². The maximum atomic E-state index is 5.41. The van der Waals surface area contributed by atoms with Crippen LogP contribution in [-0.2, 0) is 6.42 Å². The Hall–Kier alpha value is -1.32. The zero-order chi connectivity index (χ0) is 8.27. The van der Waals surface area contributed by atoms with Crippen LogP contribution in [0.3, 0.4) is 0 Å². The summed E-state index contributed by atoms with van der Waals surface area (Å²) >= 11 is 0.